The van der Waals surface area contributed by atoms with Gasteiger partial charge in [0.05, 0.1) is 6.54 Å². The fourth-order valence-corrected chi connectivity index (χ4v) is 5.79. The molecular weight excluding hydrogens is 629 g/mol. The molecule has 0 aliphatic heterocycles. The van der Waals surface area contributed by atoms with E-state index in [9.17, 15) is 9.59 Å². The Kier molecular flexibility index (Phi) is 10.4. The van der Waals surface area contributed by atoms with Crippen LogP contribution in [-0.4, -0.2) is 33.5 Å². The molecular formula is C26H26Cl6N4O3. The number of aromatic nitrogens is 3. The predicted octanol–water partition coefficient (Wildman–Crippen LogP) is 8.16. The molecule has 1 aliphatic rings. The van der Waals surface area contributed by atoms with Crippen LogP contribution in [0.1, 0.15) is 69.5 Å². The van der Waals surface area contributed by atoms with E-state index in [4.69, 9.17) is 74.3 Å². The topological polar surface area (TPSA) is 94.4 Å². The third-order valence-corrected chi connectivity index (χ3v) is 7.22. The predicted molar refractivity (Wildman–Crippen MR) is 156 cm³/mol. The highest BCUT2D eigenvalue weighted by atomic mass is 35.6. The Morgan fingerprint density at radius 1 is 1.00 bits per heavy atom. The van der Waals surface area contributed by atoms with E-state index in [1.165, 1.54) is 0 Å². The fraction of sp³-hybridized carbons (Fsp3) is 0.500. The Labute approximate surface area is 257 Å². The highest BCUT2D eigenvalue weighted by molar-refractivity contribution is 6.67. The quantitative estimate of drug-likeness (QED) is 0.0983. The van der Waals surface area contributed by atoms with Crippen molar-refractivity contribution in [1.82, 2.24) is 15.0 Å². The van der Waals surface area contributed by atoms with Crippen molar-refractivity contribution in [2.75, 3.05) is 6.54 Å². The number of hydrogen-bond donors (Lipinski definition) is 0. The maximum atomic E-state index is 12.7. The summed E-state index contributed by atoms with van der Waals surface area (Å²) in [6.07, 6.45) is 7.75. The second-order valence-electron chi connectivity index (χ2n) is 10.8. The number of aliphatic imine (C=N–C) groups is 1. The zero-order valence-corrected chi connectivity index (χ0v) is 25.9. The van der Waals surface area contributed by atoms with Gasteiger partial charge in [-0.25, -0.2) is 24.7 Å². The smallest absolute Gasteiger partial charge is 0.311 e. The number of isocyanates is 1. The van der Waals surface area contributed by atoms with Crippen molar-refractivity contribution in [2.24, 2.45) is 21.7 Å². The lowest BCUT2D eigenvalue weighted by atomic mass is 9.60. The molecule has 0 N–H and O–H groups in total. The molecule has 0 bridgehead atoms. The molecule has 39 heavy (non-hydrogen) atoms. The number of alkyl halides is 6. The standard InChI is InChI=1S/C26H26Cl6N4O3/c1-23(2)11-17(12-24(3,13-23)14-33-15-37)10-20(38)39-18-7-4-16(5-8-18)6-9-19-34-21(25(27,28)29)36-22(35-19)26(30,31)32/h4-9,17H,10-14H2,1-3H3/b9-6+. The minimum Gasteiger partial charge on any atom is -0.427 e. The Bertz CT molecular complexity index is 1240. The van der Waals surface area contributed by atoms with Gasteiger partial charge in [-0.2, -0.15) is 0 Å². The van der Waals surface area contributed by atoms with Crippen LogP contribution >= 0.6 is 69.6 Å². The average Bonchev–Trinajstić information content (AvgIpc) is 2.79. The zero-order valence-electron chi connectivity index (χ0n) is 21.4. The van der Waals surface area contributed by atoms with Gasteiger partial charge < -0.3 is 4.74 Å². The lowest BCUT2D eigenvalue weighted by Crippen LogP contribution is -2.38. The van der Waals surface area contributed by atoms with Crippen LogP contribution < -0.4 is 4.74 Å². The Morgan fingerprint density at radius 3 is 2.13 bits per heavy atom. The van der Waals surface area contributed by atoms with Gasteiger partial charge in [-0.3, -0.25) is 4.79 Å². The van der Waals surface area contributed by atoms with Crippen LogP contribution in [0.3, 0.4) is 0 Å². The van der Waals surface area contributed by atoms with Crippen molar-refractivity contribution in [3.63, 3.8) is 0 Å². The molecule has 1 aliphatic carbocycles. The van der Waals surface area contributed by atoms with Crippen molar-refractivity contribution in [3.8, 4) is 5.75 Å². The lowest BCUT2D eigenvalue weighted by Gasteiger charge is -2.45. The van der Waals surface area contributed by atoms with Gasteiger partial charge in [-0.15, -0.1) is 0 Å². The van der Waals surface area contributed by atoms with Crippen LogP contribution in [0, 0.1) is 16.7 Å². The van der Waals surface area contributed by atoms with Gasteiger partial charge in [-0.1, -0.05) is 109 Å². The van der Waals surface area contributed by atoms with E-state index >= 15 is 0 Å². The molecule has 1 saturated carbocycles. The number of nitrogens with zero attached hydrogens (tertiary/aromatic N) is 4. The van der Waals surface area contributed by atoms with Gasteiger partial charge >= 0.3 is 5.97 Å². The largest absolute Gasteiger partial charge is 0.427 e. The first-order valence-corrected chi connectivity index (χ1v) is 14.2. The van der Waals surface area contributed by atoms with Crippen LogP contribution in [0.15, 0.2) is 29.3 Å². The number of ether oxygens (including phenoxy) is 1. The first-order chi connectivity index (χ1) is 18.0. The summed E-state index contributed by atoms with van der Waals surface area (Å²) in [6.45, 7) is 6.86. The molecule has 0 saturated heterocycles. The molecule has 13 heteroatoms. The fourth-order valence-electron chi connectivity index (χ4n) is 5.29. The summed E-state index contributed by atoms with van der Waals surface area (Å²) >= 11 is 35.4. The summed E-state index contributed by atoms with van der Waals surface area (Å²) in [6, 6.07) is 6.87. The van der Waals surface area contributed by atoms with Gasteiger partial charge in [0.15, 0.2) is 17.5 Å². The first kappa shape index (κ1) is 32.1. The molecule has 1 heterocycles. The van der Waals surface area contributed by atoms with Crippen LogP contribution in [0.25, 0.3) is 12.2 Å². The molecule has 1 aromatic carbocycles. The average molecular weight is 655 g/mol. The number of carbonyl (C=O) groups excluding carboxylic acids is 2. The molecule has 1 aromatic heterocycles. The summed E-state index contributed by atoms with van der Waals surface area (Å²) in [7, 11) is 0. The number of halogens is 6. The Hall–Kier alpha value is -1.44. The van der Waals surface area contributed by atoms with Gasteiger partial charge in [0.25, 0.3) is 0 Å². The zero-order chi connectivity index (χ0) is 29.1. The van der Waals surface area contributed by atoms with E-state index in [-0.39, 0.29) is 46.6 Å². The van der Waals surface area contributed by atoms with E-state index in [1.54, 1.807) is 42.5 Å². The second kappa shape index (κ2) is 12.6. The highest BCUT2D eigenvalue weighted by Crippen LogP contribution is 2.49. The number of carbonyl (C=O) groups is 1. The normalized spacial score (nSPS) is 21.4. The van der Waals surface area contributed by atoms with E-state index in [2.05, 4.69) is 40.7 Å². The Morgan fingerprint density at radius 2 is 1.59 bits per heavy atom. The number of hydrogen-bond acceptors (Lipinski definition) is 7. The van der Waals surface area contributed by atoms with Crippen molar-refractivity contribution in [2.45, 2.75) is 54.0 Å². The SMILES string of the molecule is CC1(C)CC(CC(=O)Oc2ccc(/C=C/c3nc(C(Cl)(Cl)Cl)nc(C(Cl)(Cl)Cl)n3)cc2)CC(C)(CN=C=O)C1. The summed E-state index contributed by atoms with van der Waals surface area (Å²) in [4.78, 5) is 39.3. The van der Waals surface area contributed by atoms with Crippen molar-refractivity contribution in [3.05, 3.63) is 47.3 Å². The van der Waals surface area contributed by atoms with Crippen LogP contribution in [-0.2, 0) is 17.2 Å². The second-order valence-corrected chi connectivity index (χ2v) is 15.3. The molecule has 210 valence electrons. The van der Waals surface area contributed by atoms with Crippen molar-refractivity contribution < 1.29 is 14.3 Å². The van der Waals surface area contributed by atoms with Crippen LogP contribution in [0.2, 0.25) is 0 Å². The van der Waals surface area contributed by atoms with Gasteiger partial charge in [0, 0.05) is 6.42 Å². The van der Waals surface area contributed by atoms with E-state index < -0.39 is 7.59 Å². The van der Waals surface area contributed by atoms with Gasteiger partial charge in [0.1, 0.15) is 5.75 Å². The van der Waals surface area contributed by atoms with E-state index in [1.807, 2.05) is 0 Å². The Balaban J connectivity index is 1.67. The number of esters is 1. The molecule has 0 amide bonds. The molecule has 0 spiro atoms. The third kappa shape index (κ3) is 9.86. The summed E-state index contributed by atoms with van der Waals surface area (Å²) < 4.78 is 1.69. The molecule has 2 aromatic rings. The summed E-state index contributed by atoms with van der Waals surface area (Å²) in [5.41, 5.74) is 0.624. The van der Waals surface area contributed by atoms with E-state index in [0.29, 0.717) is 12.3 Å². The third-order valence-electron chi connectivity index (χ3n) is 6.21. The van der Waals surface area contributed by atoms with Crippen molar-refractivity contribution >= 4 is 93.8 Å². The molecule has 3 rings (SSSR count). The van der Waals surface area contributed by atoms with Crippen LogP contribution in [0.4, 0.5) is 0 Å². The summed E-state index contributed by atoms with van der Waals surface area (Å²) in [5, 5.41) is 0. The maximum Gasteiger partial charge on any atom is 0.311 e. The number of rotatable bonds is 7. The minimum atomic E-state index is -1.95. The highest BCUT2D eigenvalue weighted by Gasteiger charge is 2.42. The first-order valence-electron chi connectivity index (χ1n) is 11.9. The van der Waals surface area contributed by atoms with E-state index in [0.717, 1.165) is 24.8 Å². The summed E-state index contributed by atoms with van der Waals surface area (Å²) in [5.74, 6) is -0.0356. The van der Waals surface area contributed by atoms with Crippen LogP contribution in [0.5, 0.6) is 5.75 Å². The monoisotopic (exact) mass is 652 g/mol. The maximum absolute atomic E-state index is 12.7. The minimum absolute atomic E-state index is 0.0297. The molecule has 2 unspecified atom stereocenters. The lowest BCUT2D eigenvalue weighted by molar-refractivity contribution is -0.136. The van der Waals surface area contributed by atoms with Gasteiger partial charge in [0.2, 0.25) is 13.7 Å². The molecule has 2 atom stereocenters. The molecule has 1 fully saturated rings. The molecule has 7 nitrogen and oxygen atoms in total. The number of benzene rings is 1. The molecule has 0 radical (unpaired) electrons. The van der Waals surface area contributed by atoms with Crippen molar-refractivity contribution in [1.29, 1.82) is 0 Å². The van der Waals surface area contributed by atoms with Gasteiger partial charge in [-0.05, 0) is 59.8 Å².